The molecule has 0 aliphatic carbocycles. The lowest BCUT2D eigenvalue weighted by Gasteiger charge is -2.10. The third-order valence-electron chi connectivity index (χ3n) is 4.64. The number of thioether (sulfide) groups is 1. The minimum Gasteiger partial charge on any atom is -0.338 e. The summed E-state index contributed by atoms with van der Waals surface area (Å²) in [7, 11) is 0. The molecule has 9 heteroatoms. The number of hydrogen-bond donors (Lipinski definition) is 1. The van der Waals surface area contributed by atoms with Crippen LogP contribution in [-0.2, 0) is 5.75 Å². The van der Waals surface area contributed by atoms with Gasteiger partial charge in [0.05, 0.1) is 17.6 Å². The van der Waals surface area contributed by atoms with E-state index in [1.807, 2.05) is 61.5 Å². The van der Waals surface area contributed by atoms with Crippen molar-refractivity contribution in [3.63, 3.8) is 0 Å². The summed E-state index contributed by atoms with van der Waals surface area (Å²) in [6, 6.07) is 17.2. The van der Waals surface area contributed by atoms with Gasteiger partial charge in [0.1, 0.15) is 5.39 Å². The van der Waals surface area contributed by atoms with Crippen LogP contribution in [0, 0.1) is 6.92 Å². The Morgan fingerprint density at radius 3 is 2.70 bits per heavy atom. The fourth-order valence-electron chi connectivity index (χ4n) is 3.15. The van der Waals surface area contributed by atoms with Gasteiger partial charge >= 0.3 is 0 Å². The average molecular weight is 416 g/mol. The third-order valence-corrected chi connectivity index (χ3v) is 5.57. The lowest BCUT2D eigenvalue weighted by Crippen LogP contribution is -2.21. The fraction of sp³-hybridized carbons (Fsp3) is 0.0952. The van der Waals surface area contributed by atoms with Crippen molar-refractivity contribution < 1.29 is 4.52 Å². The third kappa shape index (κ3) is 3.29. The molecule has 2 aromatic carbocycles. The first-order valence-corrected chi connectivity index (χ1v) is 10.2. The second-order valence-electron chi connectivity index (χ2n) is 6.62. The number of aromatic amines is 1. The zero-order chi connectivity index (χ0) is 20.5. The molecule has 0 radical (unpaired) electrons. The smallest absolute Gasteiger partial charge is 0.269 e. The monoisotopic (exact) mass is 416 g/mol. The minimum absolute atomic E-state index is 0.187. The summed E-state index contributed by atoms with van der Waals surface area (Å²) in [5.74, 6) is 1.37. The van der Waals surface area contributed by atoms with Gasteiger partial charge in [0, 0.05) is 5.56 Å². The van der Waals surface area contributed by atoms with Gasteiger partial charge in [-0.1, -0.05) is 59.4 Å². The number of hydrogen-bond acceptors (Lipinski definition) is 7. The van der Waals surface area contributed by atoms with Gasteiger partial charge < -0.3 is 4.52 Å². The number of rotatable bonds is 5. The van der Waals surface area contributed by atoms with Crippen LogP contribution in [0.5, 0.6) is 0 Å². The maximum atomic E-state index is 13.0. The van der Waals surface area contributed by atoms with Crippen LogP contribution >= 0.6 is 11.8 Å². The summed E-state index contributed by atoms with van der Waals surface area (Å²) in [4.78, 5) is 22.1. The predicted molar refractivity (Wildman–Crippen MR) is 114 cm³/mol. The zero-order valence-corrected chi connectivity index (χ0v) is 16.8. The van der Waals surface area contributed by atoms with Crippen LogP contribution in [-0.4, -0.2) is 29.9 Å². The number of nitrogens with zero attached hydrogens (tertiary/aromatic N) is 5. The minimum atomic E-state index is -0.187. The van der Waals surface area contributed by atoms with Crippen molar-refractivity contribution in [2.45, 2.75) is 17.8 Å². The summed E-state index contributed by atoms with van der Waals surface area (Å²) in [5.41, 5.74) is 2.98. The molecule has 3 aromatic heterocycles. The molecule has 5 rings (SSSR count). The first-order valence-electron chi connectivity index (χ1n) is 9.23. The van der Waals surface area contributed by atoms with E-state index >= 15 is 0 Å². The zero-order valence-electron chi connectivity index (χ0n) is 15.9. The summed E-state index contributed by atoms with van der Waals surface area (Å²) in [6.45, 7) is 2.00. The highest BCUT2D eigenvalue weighted by Crippen LogP contribution is 2.25. The van der Waals surface area contributed by atoms with Gasteiger partial charge in [0.2, 0.25) is 11.7 Å². The Balaban J connectivity index is 1.49. The van der Waals surface area contributed by atoms with Crippen LogP contribution in [0.1, 0.15) is 11.5 Å². The van der Waals surface area contributed by atoms with Crippen molar-refractivity contribution in [3.8, 4) is 17.1 Å². The second-order valence-corrected chi connectivity index (χ2v) is 7.56. The fourth-order valence-corrected chi connectivity index (χ4v) is 3.99. The summed E-state index contributed by atoms with van der Waals surface area (Å²) in [6.07, 6.45) is 1.49. The molecule has 3 heterocycles. The van der Waals surface area contributed by atoms with Crippen molar-refractivity contribution in [1.82, 2.24) is 29.9 Å². The van der Waals surface area contributed by atoms with Gasteiger partial charge in [-0.25, -0.2) is 4.98 Å². The maximum Gasteiger partial charge on any atom is 0.269 e. The lowest BCUT2D eigenvalue weighted by atomic mass is 10.1. The van der Waals surface area contributed by atoms with Crippen LogP contribution in [0.3, 0.4) is 0 Å². The molecule has 30 heavy (non-hydrogen) atoms. The summed E-state index contributed by atoms with van der Waals surface area (Å²) in [5, 5.41) is 11.8. The number of benzene rings is 2. The largest absolute Gasteiger partial charge is 0.338 e. The van der Waals surface area contributed by atoms with E-state index in [1.165, 1.54) is 18.0 Å². The molecule has 0 fully saturated rings. The van der Waals surface area contributed by atoms with Gasteiger partial charge in [0.15, 0.2) is 10.8 Å². The van der Waals surface area contributed by atoms with E-state index in [1.54, 1.807) is 4.57 Å². The van der Waals surface area contributed by atoms with Crippen molar-refractivity contribution in [2.75, 3.05) is 0 Å². The summed E-state index contributed by atoms with van der Waals surface area (Å²) >= 11 is 1.35. The first kappa shape index (κ1) is 18.3. The van der Waals surface area contributed by atoms with Crippen LogP contribution < -0.4 is 5.56 Å². The normalized spacial score (nSPS) is 11.2. The molecule has 148 valence electrons. The molecule has 0 bridgehead atoms. The summed E-state index contributed by atoms with van der Waals surface area (Å²) < 4.78 is 7.00. The molecule has 5 aromatic rings. The van der Waals surface area contributed by atoms with E-state index in [9.17, 15) is 4.79 Å². The number of aromatic nitrogens is 6. The van der Waals surface area contributed by atoms with Crippen molar-refractivity contribution in [3.05, 3.63) is 82.6 Å². The second kappa shape index (κ2) is 7.60. The SMILES string of the molecule is Cc1ccccc1-c1noc(CSc2nc3[nH]ncc3c(=O)n2-c2ccccc2)n1. The van der Waals surface area contributed by atoms with E-state index in [2.05, 4.69) is 25.3 Å². The Morgan fingerprint density at radius 1 is 1.07 bits per heavy atom. The van der Waals surface area contributed by atoms with E-state index in [4.69, 9.17) is 4.52 Å². The van der Waals surface area contributed by atoms with Gasteiger partial charge in [0.25, 0.3) is 5.56 Å². The van der Waals surface area contributed by atoms with Crippen LogP contribution in [0.2, 0.25) is 0 Å². The number of fused-ring (bicyclic) bond motifs is 1. The van der Waals surface area contributed by atoms with Crippen molar-refractivity contribution in [1.29, 1.82) is 0 Å². The van der Waals surface area contributed by atoms with Crippen LogP contribution in [0.4, 0.5) is 0 Å². The van der Waals surface area contributed by atoms with E-state index in [0.717, 1.165) is 16.8 Å². The van der Waals surface area contributed by atoms with Gasteiger partial charge in [-0.05, 0) is 24.6 Å². The van der Waals surface area contributed by atoms with Gasteiger partial charge in [-0.15, -0.1) is 0 Å². The molecule has 0 saturated heterocycles. The lowest BCUT2D eigenvalue weighted by molar-refractivity contribution is 0.391. The number of H-pyrrole nitrogens is 1. The highest BCUT2D eigenvalue weighted by Gasteiger charge is 2.17. The quantitative estimate of drug-likeness (QED) is 0.344. The topological polar surface area (TPSA) is 102 Å². The molecular weight excluding hydrogens is 400 g/mol. The molecule has 1 N–H and O–H groups in total. The number of nitrogens with one attached hydrogen (secondary N) is 1. The Morgan fingerprint density at radius 2 is 1.87 bits per heavy atom. The maximum absolute atomic E-state index is 13.0. The molecular formula is C21H16N6O2S. The number of para-hydroxylation sites is 1. The Labute approximate surface area is 175 Å². The van der Waals surface area contributed by atoms with Crippen LogP contribution in [0.25, 0.3) is 28.1 Å². The average Bonchev–Trinajstić information content (AvgIpc) is 3.43. The number of aryl methyl sites for hydroxylation is 1. The molecule has 0 atom stereocenters. The van der Waals surface area contributed by atoms with E-state index in [-0.39, 0.29) is 5.56 Å². The predicted octanol–water partition coefficient (Wildman–Crippen LogP) is 3.76. The first-order chi connectivity index (χ1) is 14.7. The van der Waals surface area contributed by atoms with Crippen LogP contribution in [0.15, 0.2) is 75.3 Å². The molecule has 8 nitrogen and oxygen atoms in total. The van der Waals surface area contributed by atoms with Crippen molar-refractivity contribution in [2.24, 2.45) is 0 Å². The highest BCUT2D eigenvalue weighted by atomic mass is 32.2. The standard InChI is InChI=1S/C21H16N6O2S/c1-13-7-5-6-10-15(13)19-23-17(29-26-19)12-30-21-24-18-16(11-22-25-18)20(28)27(21)14-8-3-2-4-9-14/h2-11H,12H2,1H3,(H,22,25). The molecule has 0 unspecified atom stereocenters. The Hall–Kier alpha value is -3.72. The molecule has 0 spiro atoms. The Kier molecular flexibility index (Phi) is 4.64. The molecule has 0 amide bonds. The Bertz CT molecular complexity index is 1390. The van der Waals surface area contributed by atoms with Crippen molar-refractivity contribution >= 4 is 22.8 Å². The van der Waals surface area contributed by atoms with Gasteiger partial charge in [-0.3, -0.25) is 14.5 Å². The molecule has 0 aliphatic heterocycles. The molecule has 0 saturated carbocycles. The van der Waals surface area contributed by atoms with Gasteiger partial charge in [-0.2, -0.15) is 10.1 Å². The highest BCUT2D eigenvalue weighted by molar-refractivity contribution is 7.98. The van der Waals surface area contributed by atoms with E-state index < -0.39 is 0 Å². The molecule has 0 aliphatic rings. The van der Waals surface area contributed by atoms with E-state index in [0.29, 0.717) is 33.7 Å².